The number of benzene rings is 1. The summed E-state index contributed by atoms with van der Waals surface area (Å²) in [7, 11) is 0. The van der Waals surface area contributed by atoms with E-state index in [0.29, 0.717) is 19.3 Å². The Morgan fingerprint density at radius 1 is 1.21 bits per heavy atom. The topological polar surface area (TPSA) is 66.4 Å². The first-order valence-electron chi connectivity index (χ1n) is 6.28. The standard InChI is InChI=1S/C14H17NO3S/c1-19-12-6-4-11(5-7-12)15-13(16)9-2-3-10(8-9)14(17)18/h4-7,9-10H,2-3,8H2,1H3,(H,15,16)(H,17,18). The van der Waals surface area contributed by atoms with Crippen LogP contribution in [0.1, 0.15) is 19.3 Å². The Hall–Kier alpha value is -1.49. The molecule has 0 heterocycles. The summed E-state index contributed by atoms with van der Waals surface area (Å²) in [6.45, 7) is 0. The number of hydrogen-bond acceptors (Lipinski definition) is 3. The number of rotatable bonds is 4. The number of carboxylic acids is 1. The molecule has 4 nitrogen and oxygen atoms in total. The van der Waals surface area contributed by atoms with Gasteiger partial charge in [-0.1, -0.05) is 0 Å². The molecule has 1 aromatic carbocycles. The van der Waals surface area contributed by atoms with Crippen molar-refractivity contribution in [1.82, 2.24) is 0 Å². The zero-order chi connectivity index (χ0) is 13.8. The van der Waals surface area contributed by atoms with Crippen molar-refractivity contribution in [2.45, 2.75) is 24.2 Å². The average Bonchev–Trinajstić information content (AvgIpc) is 2.89. The van der Waals surface area contributed by atoms with Crippen LogP contribution in [0.15, 0.2) is 29.2 Å². The summed E-state index contributed by atoms with van der Waals surface area (Å²) in [6, 6.07) is 7.64. The van der Waals surface area contributed by atoms with Crippen LogP contribution in [0, 0.1) is 11.8 Å². The molecule has 0 bridgehead atoms. The second kappa shape index (κ2) is 6.10. The Morgan fingerprint density at radius 3 is 2.37 bits per heavy atom. The van der Waals surface area contributed by atoms with Gasteiger partial charge in [-0.05, 0) is 49.8 Å². The van der Waals surface area contributed by atoms with Crippen LogP contribution in [-0.2, 0) is 9.59 Å². The molecule has 0 saturated heterocycles. The monoisotopic (exact) mass is 279 g/mol. The molecular weight excluding hydrogens is 262 g/mol. The Morgan fingerprint density at radius 2 is 1.84 bits per heavy atom. The molecule has 102 valence electrons. The van der Waals surface area contributed by atoms with E-state index in [1.54, 1.807) is 11.8 Å². The Labute approximate surface area is 116 Å². The number of carboxylic acid groups (broad SMARTS) is 1. The Balaban J connectivity index is 1.92. The van der Waals surface area contributed by atoms with Gasteiger partial charge in [-0.2, -0.15) is 0 Å². The van der Waals surface area contributed by atoms with Gasteiger partial charge in [0.1, 0.15) is 0 Å². The number of carbonyl (C=O) groups excluding carboxylic acids is 1. The molecule has 0 aliphatic heterocycles. The van der Waals surface area contributed by atoms with Crippen molar-refractivity contribution < 1.29 is 14.7 Å². The Bertz CT molecular complexity index is 472. The molecular formula is C14H17NO3S. The molecule has 2 N–H and O–H groups in total. The second-order valence-corrected chi connectivity index (χ2v) is 5.64. The van der Waals surface area contributed by atoms with Gasteiger partial charge in [-0.3, -0.25) is 9.59 Å². The number of hydrogen-bond donors (Lipinski definition) is 2. The van der Waals surface area contributed by atoms with Crippen molar-refractivity contribution in [3.8, 4) is 0 Å². The van der Waals surface area contributed by atoms with Gasteiger partial charge < -0.3 is 10.4 Å². The predicted molar refractivity (Wildman–Crippen MR) is 75.3 cm³/mol. The van der Waals surface area contributed by atoms with Gasteiger partial charge in [-0.25, -0.2) is 0 Å². The minimum atomic E-state index is -0.792. The highest BCUT2D eigenvalue weighted by Crippen LogP contribution is 2.32. The highest BCUT2D eigenvalue weighted by atomic mass is 32.2. The van der Waals surface area contributed by atoms with E-state index in [4.69, 9.17) is 5.11 Å². The summed E-state index contributed by atoms with van der Waals surface area (Å²) in [6.07, 6.45) is 3.70. The summed E-state index contributed by atoms with van der Waals surface area (Å²) in [5.41, 5.74) is 0.765. The number of thioether (sulfide) groups is 1. The molecule has 2 atom stereocenters. The normalized spacial score (nSPS) is 22.2. The average molecular weight is 279 g/mol. The van der Waals surface area contributed by atoms with E-state index in [-0.39, 0.29) is 17.7 Å². The second-order valence-electron chi connectivity index (χ2n) is 4.76. The van der Waals surface area contributed by atoms with Gasteiger partial charge in [0.15, 0.2) is 0 Å². The molecule has 5 heteroatoms. The zero-order valence-corrected chi connectivity index (χ0v) is 11.6. The third kappa shape index (κ3) is 3.50. The molecule has 1 aliphatic carbocycles. The van der Waals surface area contributed by atoms with E-state index in [9.17, 15) is 9.59 Å². The van der Waals surface area contributed by atoms with E-state index >= 15 is 0 Å². The maximum atomic E-state index is 12.0. The maximum Gasteiger partial charge on any atom is 0.306 e. The lowest BCUT2D eigenvalue weighted by atomic mass is 10.0. The van der Waals surface area contributed by atoms with Gasteiger partial charge in [0, 0.05) is 16.5 Å². The smallest absolute Gasteiger partial charge is 0.306 e. The molecule has 2 unspecified atom stereocenters. The molecule has 2 rings (SSSR count). The first-order chi connectivity index (χ1) is 9.10. The van der Waals surface area contributed by atoms with E-state index < -0.39 is 5.97 Å². The molecule has 0 spiro atoms. The summed E-state index contributed by atoms with van der Waals surface area (Å²) < 4.78 is 0. The summed E-state index contributed by atoms with van der Waals surface area (Å²) in [4.78, 5) is 24.0. The Kier molecular flexibility index (Phi) is 4.47. The van der Waals surface area contributed by atoms with Crippen LogP contribution in [0.3, 0.4) is 0 Å². The van der Waals surface area contributed by atoms with Crippen LogP contribution in [0.25, 0.3) is 0 Å². The first-order valence-corrected chi connectivity index (χ1v) is 7.50. The van der Waals surface area contributed by atoms with E-state index in [1.165, 1.54) is 0 Å². The van der Waals surface area contributed by atoms with E-state index in [1.807, 2.05) is 30.5 Å². The zero-order valence-electron chi connectivity index (χ0n) is 10.8. The van der Waals surface area contributed by atoms with Crippen LogP contribution in [0.2, 0.25) is 0 Å². The fourth-order valence-corrected chi connectivity index (χ4v) is 2.77. The fourth-order valence-electron chi connectivity index (χ4n) is 2.36. The third-order valence-corrected chi connectivity index (χ3v) is 4.25. The van der Waals surface area contributed by atoms with Crippen molar-refractivity contribution >= 4 is 29.3 Å². The minimum absolute atomic E-state index is 0.0688. The van der Waals surface area contributed by atoms with Crippen LogP contribution >= 0.6 is 11.8 Å². The van der Waals surface area contributed by atoms with Gasteiger partial charge in [-0.15, -0.1) is 11.8 Å². The van der Waals surface area contributed by atoms with Crippen LogP contribution in [0.5, 0.6) is 0 Å². The first kappa shape index (κ1) is 13.9. The predicted octanol–water partition coefficient (Wildman–Crippen LogP) is 2.85. The molecule has 0 radical (unpaired) electrons. The number of amides is 1. The van der Waals surface area contributed by atoms with Gasteiger partial charge >= 0.3 is 5.97 Å². The highest BCUT2D eigenvalue weighted by molar-refractivity contribution is 7.98. The van der Waals surface area contributed by atoms with Crippen LogP contribution < -0.4 is 5.32 Å². The van der Waals surface area contributed by atoms with Crippen molar-refractivity contribution in [2.75, 3.05) is 11.6 Å². The number of anilines is 1. The largest absolute Gasteiger partial charge is 0.481 e. The third-order valence-electron chi connectivity index (χ3n) is 3.51. The highest BCUT2D eigenvalue weighted by Gasteiger charge is 2.33. The lowest BCUT2D eigenvalue weighted by molar-refractivity contribution is -0.141. The molecule has 1 amide bonds. The molecule has 19 heavy (non-hydrogen) atoms. The van der Waals surface area contributed by atoms with E-state index in [0.717, 1.165) is 10.6 Å². The van der Waals surface area contributed by atoms with Crippen molar-refractivity contribution in [3.05, 3.63) is 24.3 Å². The summed E-state index contributed by atoms with van der Waals surface area (Å²) >= 11 is 1.65. The molecule has 1 saturated carbocycles. The quantitative estimate of drug-likeness (QED) is 0.832. The van der Waals surface area contributed by atoms with Crippen molar-refractivity contribution in [1.29, 1.82) is 0 Å². The maximum absolute atomic E-state index is 12.0. The van der Waals surface area contributed by atoms with Gasteiger partial charge in [0.05, 0.1) is 5.92 Å². The SMILES string of the molecule is CSc1ccc(NC(=O)C2CCC(C(=O)O)C2)cc1. The summed E-state index contributed by atoms with van der Waals surface area (Å²) in [5, 5.41) is 11.8. The van der Waals surface area contributed by atoms with Gasteiger partial charge in [0.25, 0.3) is 0 Å². The lowest BCUT2D eigenvalue weighted by Gasteiger charge is -2.11. The lowest BCUT2D eigenvalue weighted by Crippen LogP contribution is -2.21. The van der Waals surface area contributed by atoms with E-state index in [2.05, 4.69) is 5.32 Å². The van der Waals surface area contributed by atoms with Crippen molar-refractivity contribution in [3.63, 3.8) is 0 Å². The van der Waals surface area contributed by atoms with Crippen LogP contribution in [0.4, 0.5) is 5.69 Å². The van der Waals surface area contributed by atoms with Gasteiger partial charge in [0.2, 0.25) is 5.91 Å². The minimum Gasteiger partial charge on any atom is -0.481 e. The summed E-state index contributed by atoms with van der Waals surface area (Å²) in [5.74, 6) is -1.41. The molecule has 1 aliphatic rings. The number of nitrogens with one attached hydrogen (secondary N) is 1. The van der Waals surface area contributed by atoms with Crippen LogP contribution in [-0.4, -0.2) is 23.2 Å². The fraction of sp³-hybridized carbons (Fsp3) is 0.429. The number of aliphatic carboxylic acids is 1. The molecule has 1 aromatic rings. The molecule has 0 aromatic heterocycles. The van der Waals surface area contributed by atoms with Crippen molar-refractivity contribution in [2.24, 2.45) is 11.8 Å². The molecule has 1 fully saturated rings. The number of carbonyl (C=O) groups is 2.